The van der Waals surface area contributed by atoms with Gasteiger partial charge in [0, 0.05) is 99.7 Å². The van der Waals surface area contributed by atoms with Crippen molar-refractivity contribution < 1.29 is 4.57 Å². The van der Waals surface area contributed by atoms with Crippen molar-refractivity contribution in [2.45, 2.75) is 17.3 Å². The SMILES string of the molecule is C1=CC2=C(C1)c1ccc(-c3ccc(-c4c5ccccc5nc5c4ccc4cccnc45)cc3)cc1C2(c1ccccc1)c1ccccc1.O=P(c1ccccc1)(c1ccccc1)c1ccc(-c2ccc(-c3c4ccccc4nc4c3ccc3cccnc34)c3ccccc23)cc1.c1ccc(C2(c3ccccc3)c3ccccc3-c3ccc(-c4ccc(-c5c6ccccc6nc6c5ccc5cccnc56)c5ccccc45)cc32)cc1. The quantitative estimate of drug-likeness (QED) is 0.0645. The first-order valence-electron chi connectivity index (χ1n) is 51.0. The summed E-state index contributed by atoms with van der Waals surface area (Å²) in [5, 5.41) is 17.2. The Labute approximate surface area is 862 Å². The van der Waals surface area contributed by atoms with Gasteiger partial charge in [0.15, 0.2) is 7.14 Å². The van der Waals surface area contributed by atoms with Crippen molar-refractivity contribution in [3.63, 3.8) is 0 Å². The minimum Gasteiger partial charge on any atom is -0.309 e. The minimum atomic E-state index is -3.06. The number of fused-ring (bicyclic) bond motifs is 19. The predicted octanol–water partition coefficient (Wildman–Crippen LogP) is 34.2. The van der Waals surface area contributed by atoms with Gasteiger partial charge < -0.3 is 4.57 Å². The zero-order chi connectivity index (χ0) is 98.7. The van der Waals surface area contributed by atoms with E-state index >= 15 is 0 Å². The number of hydrogen-bond donors (Lipinski definition) is 0. The number of aromatic nitrogens is 6. The van der Waals surface area contributed by atoms with Crippen LogP contribution in [0.4, 0.5) is 0 Å². The van der Waals surface area contributed by atoms with Crippen molar-refractivity contribution in [2.24, 2.45) is 0 Å². The maximum absolute atomic E-state index is 15.0. The van der Waals surface area contributed by atoms with Crippen molar-refractivity contribution >= 4 is 148 Å². The van der Waals surface area contributed by atoms with E-state index in [1.54, 1.807) is 0 Å². The van der Waals surface area contributed by atoms with E-state index in [1.165, 1.54) is 122 Å². The maximum Gasteiger partial charge on any atom is 0.171 e. The van der Waals surface area contributed by atoms with Gasteiger partial charge in [-0.3, -0.25) is 15.0 Å². The molecule has 0 spiro atoms. The fourth-order valence-electron chi connectivity index (χ4n) is 24.6. The average Bonchev–Trinajstić information content (AvgIpc) is 1.54. The van der Waals surface area contributed by atoms with Crippen molar-refractivity contribution in [3.05, 3.63) is 590 Å². The molecule has 21 aromatic carbocycles. The molecule has 6 aromatic heterocycles. The summed E-state index contributed by atoms with van der Waals surface area (Å²) < 4.78 is 15.0. The highest BCUT2D eigenvalue weighted by atomic mass is 31.2. The van der Waals surface area contributed by atoms with Crippen LogP contribution in [0.3, 0.4) is 0 Å². The molecule has 30 rings (SSSR count). The van der Waals surface area contributed by atoms with E-state index in [1.807, 2.05) is 116 Å². The molecule has 3 aliphatic rings. The van der Waals surface area contributed by atoms with Crippen molar-refractivity contribution in [3.8, 4) is 77.9 Å². The first-order valence-corrected chi connectivity index (χ1v) is 52.7. The molecule has 0 amide bonds. The van der Waals surface area contributed by atoms with Crippen molar-refractivity contribution in [2.75, 3.05) is 0 Å². The minimum absolute atomic E-state index is 0.359. The lowest BCUT2D eigenvalue weighted by atomic mass is 9.66. The molecule has 149 heavy (non-hydrogen) atoms. The first kappa shape index (κ1) is 87.8. The Morgan fingerprint density at radius 2 is 0.537 bits per heavy atom. The third-order valence-corrected chi connectivity index (χ3v) is 34.3. The number of benzene rings is 21. The van der Waals surface area contributed by atoms with Crippen LogP contribution in [-0.2, 0) is 15.4 Å². The number of rotatable bonds is 13. The molecule has 3 aliphatic carbocycles. The molecule has 8 heteroatoms. The number of para-hydroxylation sites is 3. The molecular formula is C141H91N6OP. The Balaban J connectivity index is 0.000000108. The molecule has 7 nitrogen and oxygen atoms in total. The van der Waals surface area contributed by atoms with Crippen LogP contribution in [0.2, 0.25) is 0 Å². The molecular weight excluding hydrogens is 1820 g/mol. The van der Waals surface area contributed by atoms with E-state index in [-0.39, 0.29) is 5.41 Å². The zero-order valence-corrected chi connectivity index (χ0v) is 82.0. The Morgan fingerprint density at radius 3 is 1.01 bits per heavy atom. The molecule has 696 valence electrons. The molecule has 0 fully saturated rings. The van der Waals surface area contributed by atoms with E-state index in [2.05, 4.69) is 425 Å². The molecule has 0 unspecified atom stereocenters. The van der Waals surface area contributed by atoms with Gasteiger partial charge in [0.25, 0.3) is 0 Å². The lowest BCUT2D eigenvalue weighted by Crippen LogP contribution is -2.29. The van der Waals surface area contributed by atoms with Crippen LogP contribution >= 0.6 is 7.14 Å². The molecule has 0 bridgehead atoms. The van der Waals surface area contributed by atoms with Gasteiger partial charge in [0.1, 0.15) is 0 Å². The summed E-state index contributed by atoms with van der Waals surface area (Å²) in [7, 11) is -3.06. The second-order valence-electron chi connectivity index (χ2n) is 39.0. The Kier molecular flexibility index (Phi) is 21.3. The summed E-state index contributed by atoms with van der Waals surface area (Å²) in [6.45, 7) is 0. The van der Waals surface area contributed by atoms with Crippen LogP contribution < -0.4 is 15.9 Å². The average molecular weight is 1920 g/mol. The van der Waals surface area contributed by atoms with E-state index in [4.69, 9.17) is 29.9 Å². The summed E-state index contributed by atoms with van der Waals surface area (Å²) in [5.41, 5.74) is 37.7. The first-order chi connectivity index (χ1) is 73.8. The molecule has 27 aromatic rings. The molecule has 0 N–H and O–H groups in total. The molecule has 0 aliphatic heterocycles. The summed E-state index contributed by atoms with van der Waals surface area (Å²) in [6, 6.07) is 182. The Hall–Kier alpha value is -18.9. The number of allylic oxidation sites excluding steroid dienone is 4. The van der Waals surface area contributed by atoms with E-state index in [0.717, 1.165) is 153 Å². The predicted molar refractivity (Wildman–Crippen MR) is 621 cm³/mol. The fourth-order valence-corrected chi connectivity index (χ4v) is 27.3. The second-order valence-corrected chi connectivity index (χ2v) is 41.7. The van der Waals surface area contributed by atoms with Crippen LogP contribution in [0.1, 0.15) is 50.9 Å². The normalized spacial score (nSPS) is 13.2. The van der Waals surface area contributed by atoms with E-state index < -0.39 is 12.6 Å². The van der Waals surface area contributed by atoms with E-state index in [9.17, 15) is 4.57 Å². The van der Waals surface area contributed by atoms with Crippen molar-refractivity contribution in [1.82, 2.24) is 29.9 Å². The highest BCUT2D eigenvalue weighted by Gasteiger charge is 2.49. The molecule has 0 saturated heterocycles. The molecule has 0 atom stereocenters. The topological polar surface area (TPSA) is 94.4 Å². The lowest BCUT2D eigenvalue weighted by molar-refractivity contribution is 0.592. The van der Waals surface area contributed by atoms with Gasteiger partial charge >= 0.3 is 0 Å². The van der Waals surface area contributed by atoms with Crippen LogP contribution in [-0.4, -0.2) is 29.9 Å². The fraction of sp³-hybridized carbons (Fsp3) is 0.0213. The summed E-state index contributed by atoms with van der Waals surface area (Å²) >= 11 is 0. The monoisotopic (exact) mass is 1910 g/mol. The summed E-state index contributed by atoms with van der Waals surface area (Å²) in [5.74, 6) is 0. The maximum atomic E-state index is 15.0. The van der Waals surface area contributed by atoms with Gasteiger partial charge in [-0.05, 0) is 193 Å². The second kappa shape index (κ2) is 36.1. The van der Waals surface area contributed by atoms with E-state index in [0.29, 0.717) is 0 Å². The number of hydrogen-bond acceptors (Lipinski definition) is 7. The smallest absolute Gasteiger partial charge is 0.171 e. The molecule has 0 saturated carbocycles. The molecule has 6 heterocycles. The zero-order valence-electron chi connectivity index (χ0n) is 81.1. The molecule has 0 radical (unpaired) electrons. The lowest BCUT2D eigenvalue weighted by Gasteiger charge is -2.35. The van der Waals surface area contributed by atoms with Gasteiger partial charge in [-0.25, -0.2) is 15.0 Å². The van der Waals surface area contributed by atoms with Crippen molar-refractivity contribution in [1.29, 1.82) is 0 Å². The van der Waals surface area contributed by atoms with Crippen LogP contribution in [0.5, 0.6) is 0 Å². The van der Waals surface area contributed by atoms with Crippen LogP contribution in [0, 0.1) is 0 Å². The van der Waals surface area contributed by atoms with Gasteiger partial charge in [-0.2, -0.15) is 0 Å². The third-order valence-electron chi connectivity index (χ3n) is 31.2. The van der Waals surface area contributed by atoms with Crippen LogP contribution in [0.25, 0.3) is 203 Å². The standard InChI is InChI=1S/C51H32N2.C46H30N2.C44H29N2OP/c1-3-15-35(16-4-1)51(36-17-5-2-6-18-36)45-23-11-9-21-40(45)41-27-26-34(32-46(41)51)37-29-30-42(39-20-8-7-19-38(37)39)48-43-22-10-12-24-47(43)53-50-44(48)28-25-33-14-13-31-52-49(33)50;1-3-12-34(13-4-1)46(35-14-5-2-6-15-35)40-18-9-17-36(40)37-26-25-33(29-41(37)46)30-20-22-31(23-21-30)43-38-16-7-8-19-42(38)48-45-39(43)27-24-32-11-10-28-47-44(32)45;47-48(32-13-3-1-4-14-32,33-15-5-2-6-16-33)34-24-21-30(22-25-34)35-27-28-38(37-18-8-7-17-36(35)37)42-39-19-9-10-20-41(39)46-44-40(42)26-23-31-12-11-29-45-43(31)44/h1-32H;1-16,18-29H,17H2;1-29H. The number of nitrogens with zero attached hydrogens (tertiary/aromatic N) is 6. The third kappa shape index (κ3) is 14.2. The summed E-state index contributed by atoms with van der Waals surface area (Å²) in [6.07, 6.45) is 11.2. The highest BCUT2D eigenvalue weighted by Crippen LogP contribution is 2.61. The van der Waals surface area contributed by atoms with Gasteiger partial charge in [0.2, 0.25) is 0 Å². The van der Waals surface area contributed by atoms with Gasteiger partial charge in [-0.15, -0.1) is 0 Å². The Morgan fingerprint density at radius 1 is 0.208 bits per heavy atom. The Bertz CT molecular complexity index is 10100. The van der Waals surface area contributed by atoms with Gasteiger partial charge in [-0.1, -0.05) is 473 Å². The van der Waals surface area contributed by atoms with Gasteiger partial charge in [0.05, 0.1) is 60.5 Å². The highest BCUT2D eigenvalue weighted by molar-refractivity contribution is 7.85. The largest absolute Gasteiger partial charge is 0.309 e. The summed E-state index contributed by atoms with van der Waals surface area (Å²) in [4.78, 5) is 29.7. The van der Waals surface area contributed by atoms with Crippen LogP contribution in [0.15, 0.2) is 546 Å². The number of pyridine rings is 6.